The number of carbonyl (C=O) groups excluding carboxylic acids is 1. The third-order valence-electron chi connectivity index (χ3n) is 3.48. The molecule has 1 N–H and O–H groups in total. The van der Waals surface area contributed by atoms with Crippen LogP contribution in [0.1, 0.15) is 5.56 Å². The molecule has 0 aliphatic heterocycles. The summed E-state index contributed by atoms with van der Waals surface area (Å²) < 4.78 is 51.4. The van der Waals surface area contributed by atoms with Gasteiger partial charge in [0.2, 0.25) is 15.9 Å². The fourth-order valence-electron chi connectivity index (χ4n) is 2.20. The predicted octanol–water partition coefficient (Wildman–Crippen LogP) is 2.41. The van der Waals surface area contributed by atoms with Gasteiger partial charge in [0, 0.05) is 12.6 Å². The second-order valence-corrected chi connectivity index (χ2v) is 7.49. The van der Waals surface area contributed by atoms with Crippen LogP contribution in [0.4, 0.5) is 14.5 Å². The SMILES string of the molecule is CS(=O)(=O)N(CCc1ccccc1)CC(=O)Nc1cc(F)ccc1F. The standard InChI is InChI=1S/C17H18F2N2O3S/c1-25(23,24)21(10-9-13-5-3-2-4-6-13)12-17(22)20-16-11-14(18)7-8-15(16)19/h2-8,11H,9-10,12H2,1H3,(H,20,22). The highest BCUT2D eigenvalue weighted by Crippen LogP contribution is 2.15. The Morgan fingerprint density at radius 3 is 2.44 bits per heavy atom. The van der Waals surface area contributed by atoms with Gasteiger partial charge in [0.1, 0.15) is 11.6 Å². The van der Waals surface area contributed by atoms with Gasteiger partial charge in [0.15, 0.2) is 0 Å². The van der Waals surface area contributed by atoms with Gasteiger partial charge in [-0.25, -0.2) is 17.2 Å². The van der Waals surface area contributed by atoms with Crippen LogP contribution < -0.4 is 5.32 Å². The first-order valence-corrected chi connectivity index (χ1v) is 9.34. The van der Waals surface area contributed by atoms with Gasteiger partial charge in [-0.05, 0) is 24.1 Å². The number of carbonyl (C=O) groups is 1. The quantitative estimate of drug-likeness (QED) is 0.816. The lowest BCUT2D eigenvalue weighted by Gasteiger charge is -2.19. The van der Waals surface area contributed by atoms with Crippen molar-refractivity contribution in [2.45, 2.75) is 6.42 Å². The maximum Gasteiger partial charge on any atom is 0.239 e. The van der Waals surface area contributed by atoms with E-state index in [-0.39, 0.29) is 12.2 Å². The number of sulfonamides is 1. The minimum atomic E-state index is -3.64. The van der Waals surface area contributed by atoms with Gasteiger partial charge in [-0.3, -0.25) is 4.79 Å². The summed E-state index contributed by atoms with van der Waals surface area (Å²) >= 11 is 0. The van der Waals surface area contributed by atoms with Crippen molar-refractivity contribution in [1.29, 1.82) is 0 Å². The van der Waals surface area contributed by atoms with E-state index >= 15 is 0 Å². The molecular formula is C17H18F2N2O3S. The minimum absolute atomic E-state index is 0.0991. The average molecular weight is 368 g/mol. The molecule has 0 spiro atoms. The Kier molecular flexibility index (Phi) is 6.22. The number of nitrogens with one attached hydrogen (secondary N) is 1. The van der Waals surface area contributed by atoms with E-state index in [4.69, 9.17) is 0 Å². The lowest BCUT2D eigenvalue weighted by atomic mass is 10.1. The molecule has 0 aliphatic carbocycles. The van der Waals surface area contributed by atoms with Crippen LogP contribution in [-0.4, -0.2) is 38.0 Å². The highest BCUT2D eigenvalue weighted by molar-refractivity contribution is 7.88. The molecule has 5 nitrogen and oxygen atoms in total. The molecule has 0 bridgehead atoms. The number of anilines is 1. The Bertz CT molecular complexity index is 842. The van der Waals surface area contributed by atoms with Crippen LogP contribution in [0.25, 0.3) is 0 Å². The average Bonchev–Trinajstić information content (AvgIpc) is 2.55. The Balaban J connectivity index is 2.04. The maximum absolute atomic E-state index is 13.6. The molecule has 0 heterocycles. The third kappa shape index (κ3) is 5.91. The first-order chi connectivity index (χ1) is 11.8. The number of amides is 1. The summed E-state index contributed by atoms with van der Waals surface area (Å²) in [5, 5.41) is 2.19. The van der Waals surface area contributed by atoms with Crippen molar-refractivity contribution in [3.05, 3.63) is 65.7 Å². The van der Waals surface area contributed by atoms with E-state index in [9.17, 15) is 22.0 Å². The number of rotatable bonds is 7. The highest BCUT2D eigenvalue weighted by Gasteiger charge is 2.20. The van der Waals surface area contributed by atoms with E-state index in [1.807, 2.05) is 30.3 Å². The van der Waals surface area contributed by atoms with E-state index in [1.54, 1.807) is 0 Å². The van der Waals surface area contributed by atoms with Crippen LogP contribution in [0.3, 0.4) is 0 Å². The fourth-order valence-corrected chi connectivity index (χ4v) is 2.98. The molecule has 134 valence electrons. The highest BCUT2D eigenvalue weighted by atomic mass is 32.2. The monoisotopic (exact) mass is 368 g/mol. The molecular weight excluding hydrogens is 350 g/mol. The van der Waals surface area contributed by atoms with Gasteiger partial charge < -0.3 is 5.32 Å². The van der Waals surface area contributed by atoms with Crippen molar-refractivity contribution in [2.75, 3.05) is 24.7 Å². The van der Waals surface area contributed by atoms with Gasteiger partial charge in [-0.1, -0.05) is 30.3 Å². The molecule has 2 aromatic carbocycles. The van der Waals surface area contributed by atoms with Gasteiger partial charge in [0.25, 0.3) is 0 Å². The van der Waals surface area contributed by atoms with Crippen LogP contribution in [0, 0.1) is 11.6 Å². The second kappa shape index (κ2) is 8.17. The van der Waals surface area contributed by atoms with Crippen LogP contribution in [0.15, 0.2) is 48.5 Å². The number of hydrogen-bond donors (Lipinski definition) is 1. The molecule has 1 amide bonds. The molecule has 0 saturated carbocycles. The summed E-state index contributed by atoms with van der Waals surface area (Å²) in [6.45, 7) is -0.385. The fraction of sp³-hybridized carbons (Fsp3) is 0.235. The first kappa shape index (κ1) is 19.0. The Labute approximate surface area is 145 Å². The van der Waals surface area contributed by atoms with Crippen LogP contribution in [-0.2, 0) is 21.2 Å². The molecule has 0 atom stereocenters. The zero-order chi connectivity index (χ0) is 18.4. The van der Waals surface area contributed by atoms with Crippen molar-refractivity contribution < 1.29 is 22.0 Å². The summed E-state index contributed by atoms with van der Waals surface area (Å²) in [6, 6.07) is 11.9. The van der Waals surface area contributed by atoms with E-state index in [0.717, 1.165) is 34.3 Å². The lowest BCUT2D eigenvalue weighted by Crippen LogP contribution is -2.38. The number of benzene rings is 2. The summed E-state index contributed by atoms with van der Waals surface area (Å²) in [5.41, 5.74) is 0.592. The summed E-state index contributed by atoms with van der Waals surface area (Å²) in [5.74, 6) is -2.26. The van der Waals surface area contributed by atoms with Crippen LogP contribution in [0.2, 0.25) is 0 Å². The number of halogens is 2. The Hall–Kier alpha value is -2.32. The van der Waals surface area contributed by atoms with E-state index in [1.165, 1.54) is 0 Å². The van der Waals surface area contributed by atoms with Crippen LogP contribution in [0.5, 0.6) is 0 Å². The largest absolute Gasteiger partial charge is 0.322 e. The summed E-state index contributed by atoms with van der Waals surface area (Å²) in [6.07, 6.45) is 1.42. The first-order valence-electron chi connectivity index (χ1n) is 7.49. The molecule has 25 heavy (non-hydrogen) atoms. The Morgan fingerprint density at radius 1 is 1.12 bits per heavy atom. The van der Waals surface area contributed by atoms with Crippen molar-refractivity contribution in [2.24, 2.45) is 0 Å². The molecule has 0 unspecified atom stereocenters. The van der Waals surface area contributed by atoms with Crippen LogP contribution >= 0.6 is 0 Å². The van der Waals surface area contributed by atoms with Crippen molar-refractivity contribution >= 4 is 21.6 Å². The molecule has 0 radical (unpaired) electrons. The molecule has 0 aromatic heterocycles. The van der Waals surface area contributed by atoms with E-state index in [2.05, 4.69) is 5.32 Å². The van der Waals surface area contributed by atoms with E-state index in [0.29, 0.717) is 6.42 Å². The van der Waals surface area contributed by atoms with Crippen molar-refractivity contribution in [3.63, 3.8) is 0 Å². The zero-order valence-electron chi connectivity index (χ0n) is 13.6. The maximum atomic E-state index is 13.6. The molecule has 2 aromatic rings. The van der Waals surface area contributed by atoms with Gasteiger partial charge >= 0.3 is 0 Å². The zero-order valence-corrected chi connectivity index (χ0v) is 14.4. The number of nitrogens with zero attached hydrogens (tertiary/aromatic N) is 1. The second-order valence-electron chi connectivity index (χ2n) is 5.50. The Morgan fingerprint density at radius 2 is 1.80 bits per heavy atom. The smallest absolute Gasteiger partial charge is 0.239 e. The number of hydrogen-bond acceptors (Lipinski definition) is 3. The molecule has 0 aliphatic rings. The predicted molar refractivity (Wildman–Crippen MR) is 91.6 cm³/mol. The lowest BCUT2D eigenvalue weighted by molar-refractivity contribution is -0.116. The van der Waals surface area contributed by atoms with Gasteiger partial charge in [-0.2, -0.15) is 4.31 Å². The summed E-state index contributed by atoms with van der Waals surface area (Å²) in [7, 11) is -3.64. The van der Waals surface area contributed by atoms with Gasteiger partial charge in [0.05, 0.1) is 18.5 Å². The molecule has 0 fully saturated rings. The summed E-state index contributed by atoms with van der Waals surface area (Å²) in [4.78, 5) is 12.0. The van der Waals surface area contributed by atoms with Crippen molar-refractivity contribution in [3.8, 4) is 0 Å². The molecule has 8 heteroatoms. The van der Waals surface area contributed by atoms with E-state index < -0.39 is 34.1 Å². The minimum Gasteiger partial charge on any atom is -0.322 e. The third-order valence-corrected chi connectivity index (χ3v) is 4.73. The molecule has 2 rings (SSSR count). The normalized spacial score (nSPS) is 11.5. The molecule has 0 saturated heterocycles. The van der Waals surface area contributed by atoms with Gasteiger partial charge in [-0.15, -0.1) is 0 Å². The van der Waals surface area contributed by atoms with Crippen molar-refractivity contribution in [1.82, 2.24) is 4.31 Å². The topological polar surface area (TPSA) is 66.5 Å².